The second-order valence-corrected chi connectivity index (χ2v) is 9.11. The summed E-state index contributed by atoms with van der Waals surface area (Å²) in [6, 6.07) is 8.82. The monoisotopic (exact) mass is 409 g/mol. The lowest BCUT2D eigenvalue weighted by Crippen LogP contribution is -2.22. The van der Waals surface area contributed by atoms with Crippen LogP contribution in [0.15, 0.2) is 29.4 Å². The first-order valence-corrected chi connectivity index (χ1v) is 10.8. The van der Waals surface area contributed by atoms with Crippen LogP contribution in [0.1, 0.15) is 35.8 Å². The van der Waals surface area contributed by atoms with Crippen LogP contribution in [-0.4, -0.2) is 21.1 Å². The van der Waals surface area contributed by atoms with E-state index in [1.54, 1.807) is 35.6 Å². The number of thioether (sulfide) groups is 1. The Hall–Kier alpha value is -2.63. The molecule has 3 aromatic rings. The van der Waals surface area contributed by atoms with Crippen LogP contribution in [-0.2, 0) is 17.6 Å². The fourth-order valence-corrected chi connectivity index (χ4v) is 5.41. The zero-order chi connectivity index (χ0) is 19.7. The highest BCUT2D eigenvalue weighted by Gasteiger charge is 2.22. The number of aryl methyl sites for hydroxylation is 2. The Bertz CT molecular complexity index is 1080. The lowest BCUT2D eigenvalue weighted by Gasteiger charge is -2.12. The Balaban J connectivity index is 1.50. The van der Waals surface area contributed by atoms with Gasteiger partial charge in [-0.15, -0.1) is 11.3 Å². The van der Waals surface area contributed by atoms with Crippen LogP contribution in [0.25, 0.3) is 10.2 Å². The number of fused-ring (bicyclic) bond motifs is 3. The van der Waals surface area contributed by atoms with Gasteiger partial charge in [0.2, 0.25) is 5.91 Å². The van der Waals surface area contributed by atoms with Crippen LogP contribution in [0.4, 0.5) is 11.5 Å². The van der Waals surface area contributed by atoms with Crippen LogP contribution < -0.4 is 11.1 Å². The molecular formula is C20H19N5OS2. The maximum atomic E-state index is 12.5. The molecule has 1 unspecified atom stereocenters. The maximum Gasteiger partial charge on any atom is 0.237 e. The molecule has 0 saturated heterocycles. The van der Waals surface area contributed by atoms with E-state index in [4.69, 9.17) is 11.0 Å². The van der Waals surface area contributed by atoms with E-state index >= 15 is 0 Å². The van der Waals surface area contributed by atoms with Gasteiger partial charge >= 0.3 is 0 Å². The quantitative estimate of drug-likeness (QED) is 0.496. The van der Waals surface area contributed by atoms with E-state index in [1.807, 2.05) is 6.92 Å². The second kappa shape index (κ2) is 7.78. The van der Waals surface area contributed by atoms with E-state index in [0.29, 0.717) is 22.2 Å². The molecule has 1 amide bonds. The third-order valence-corrected chi connectivity index (χ3v) is 6.90. The van der Waals surface area contributed by atoms with Gasteiger partial charge in [0.15, 0.2) is 5.16 Å². The van der Waals surface area contributed by atoms with E-state index in [9.17, 15) is 4.79 Å². The zero-order valence-electron chi connectivity index (χ0n) is 15.4. The summed E-state index contributed by atoms with van der Waals surface area (Å²) in [5, 5.41) is 12.8. The van der Waals surface area contributed by atoms with Crippen molar-refractivity contribution in [2.45, 2.75) is 43.0 Å². The lowest BCUT2D eigenvalue weighted by atomic mass is 9.97. The van der Waals surface area contributed by atoms with Crippen LogP contribution in [0, 0.1) is 11.3 Å². The third-order valence-electron chi connectivity index (χ3n) is 4.76. The molecular weight excluding hydrogens is 390 g/mol. The number of nitrogens with zero attached hydrogens (tertiary/aromatic N) is 3. The number of rotatable bonds is 4. The molecule has 142 valence electrons. The summed E-state index contributed by atoms with van der Waals surface area (Å²) in [6.07, 6.45) is 4.52. The van der Waals surface area contributed by atoms with Gasteiger partial charge in [-0.2, -0.15) is 5.26 Å². The molecule has 1 aliphatic rings. The molecule has 1 aromatic carbocycles. The van der Waals surface area contributed by atoms with Crippen molar-refractivity contribution < 1.29 is 4.79 Å². The molecule has 2 heterocycles. The molecule has 0 aliphatic heterocycles. The highest BCUT2D eigenvalue weighted by Crippen LogP contribution is 2.38. The molecule has 28 heavy (non-hydrogen) atoms. The summed E-state index contributed by atoms with van der Waals surface area (Å²) in [6.45, 7) is 1.81. The number of nitrogens with two attached hydrogens (primary N) is 1. The number of thiophene rings is 1. The van der Waals surface area contributed by atoms with Crippen molar-refractivity contribution in [1.82, 2.24) is 9.97 Å². The Morgan fingerprint density at radius 2 is 2.04 bits per heavy atom. The number of hydrogen-bond acceptors (Lipinski definition) is 7. The molecule has 0 fully saturated rings. The van der Waals surface area contributed by atoms with Gasteiger partial charge in [0.25, 0.3) is 0 Å². The highest BCUT2D eigenvalue weighted by atomic mass is 32.2. The average molecular weight is 410 g/mol. The average Bonchev–Trinajstić information content (AvgIpc) is 3.07. The number of carbonyl (C=O) groups is 1. The molecule has 0 bridgehead atoms. The van der Waals surface area contributed by atoms with Gasteiger partial charge in [0.1, 0.15) is 10.6 Å². The molecule has 2 aromatic heterocycles. The van der Waals surface area contributed by atoms with Gasteiger partial charge in [-0.3, -0.25) is 4.79 Å². The molecule has 3 N–H and O–H groups in total. The van der Waals surface area contributed by atoms with Crippen molar-refractivity contribution in [3.63, 3.8) is 0 Å². The maximum absolute atomic E-state index is 12.5. The Kier molecular flexibility index (Phi) is 5.20. The SMILES string of the molecule is CC(Sc1nc(N)c2c3c(sc2n1)CCCC3)C(=O)Nc1ccc(C#N)cc1. The van der Waals surface area contributed by atoms with Crippen LogP contribution in [0.3, 0.4) is 0 Å². The minimum atomic E-state index is -0.387. The van der Waals surface area contributed by atoms with E-state index in [1.165, 1.54) is 35.0 Å². The first-order chi connectivity index (χ1) is 13.5. The number of carbonyl (C=O) groups excluding carboxylic acids is 1. The molecule has 8 heteroatoms. The van der Waals surface area contributed by atoms with Gasteiger partial charge in [-0.1, -0.05) is 11.8 Å². The Labute approximate surface area is 171 Å². The predicted octanol–water partition coefficient (Wildman–Crippen LogP) is 4.14. The van der Waals surface area contributed by atoms with Gasteiger partial charge in [-0.05, 0) is 62.4 Å². The van der Waals surface area contributed by atoms with Gasteiger partial charge in [-0.25, -0.2) is 9.97 Å². The molecule has 0 spiro atoms. The first-order valence-electron chi connectivity index (χ1n) is 9.10. The van der Waals surface area contributed by atoms with Crippen LogP contribution >= 0.6 is 23.1 Å². The number of nitriles is 1. The summed E-state index contributed by atoms with van der Waals surface area (Å²) in [5.74, 6) is 0.356. The van der Waals surface area contributed by atoms with Crippen molar-refractivity contribution in [3.05, 3.63) is 40.3 Å². The molecule has 4 rings (SSSR count). The molecule has 0 radical (unpaired) electrons. The van der Waals surface area contributed by atoms with E-state index in [2.05, 4.69) is 21.4 Å². The highest BCUT2D eigenvalue weighted by molar-refractivity contribution is 8.00. The van der Waals surface area contributed by atoms with Gasteiger partial charge in [0, 0.05) is 10.6 Å². The molecule has 1 aliphatic carbocycles. The van der Waals surface area contributed by atoms with E-state index < -0.39 is 0 Å². The topological polar surface area (TPSA) is 105 Å². The summed E-state index contributed by atoms with van der Waals surface area (Å²) >= 11 is 2.99. The fraction of sp³-hybridized carbons (Fsp3) is 0.300. The van der Waals surface area contributed by atoms with Crippen LogP contribution in [0.2, 0.25) is 0 Å². The largest absolute Gasteiger partial charge is 0.383 e. The van der Waals surface area contributed by atoms with Crippen molar-refractivity contribution in [2.75, 3.05) is 11.1 Å². The molecule has 6 nitrogen and oxygen atoms in total. The first kappa shape index (κ1) is 18.7. The smallest absolute Gasteiger partial charge is 0.237 e. The number of anilines is 2. The molecule has 1 atom stereocenters. The van der Waals surface area contributed by atoms with Crippen molar-refractivity contribution in [1.29, 1.82) is 5.26 Å². The number of amides is 1. The standard InChI is InChI=1S/C20H19N5OS2/c1-11(18(26)23-13-8-6-12(10-21)7-9-13)27-20-24-17(22)16-14-4-2-3-5-15(14)28-19(16)25-20/h6-9,11H,2-5H2,1H3,(H,23,26)(H2,22,24,25). The summed E-state index contributed by atoms with van der Waals surface area (Å²) < 4.78 is 0. The molecule has 0 saturated carbocycles. The van der Waals surface area contributed by atoms with Gasteiger partial charge < -0.3 is 11.1 Å². The number of nitrogens with one attached hydrogen (secondary N) is 1. The van der Waals surface area contributed by atoms with Crippen molar-refractivity contribution in [3.8, 4) is 6.07 Å². The Morgan fingerprint density at radius 3 is 2.79 bits per heavy atom. The minimum absolute atomic E-state index is 0.151. The summed E-state index contributed by atoms with van der Waals surface area (Å²) in [7, 11) is 0. The number of benzene rings is 1. The summed E-state index contributed by atoms with van der Waals surface area (Å²) in [4.78, 5) is 23.9. The van der Waals surface area contributed by atoms with Crippen molar-refractivity contribution in [2.24, 2.45) is 0 Å². The second-order valence-electron chi connectivity index (χ2n) is 6.72. The minimum Gasteiger partial charge on any atom is -0.383 e. The number of hydrogen-bond donors (Lipinski definition) is 2. The van der Waals surface area contributed by atoms with Crippen LogP contribution in [0.5, 0.6) is 0 Å². The lowest BCUT2D eigenvalue weighted by molar-refractivity contribution is -0.115. The Morgan fingerprint density at radius 1 is 1.29 bits per heavy atom. The zero-order valence-corrected chi connectivity index (χ0v) is 17.0. The fourth-order valence-electron chi connectivity index (χ4n) is 3.30. The number of aromatic nitrogens is 2. The van der Waals surface area contributed by atoms with Gasteiger partial charge in [0.05, 0.1) is 22.3 Å². The van der Waals surface area contributed by atoms with Crippen molar-refractivity contribution >= 4 is 50.7 Å². The normalized spacial score (nSPS) is 14.3. The number of nitrogen functional groups attached to an aromatic ring is 1. The predicted molar refractivity (Wildman–Crippen MR) is 114 cm³/mol. The summed E-state index contributed by atoms with van der Waals surface area (Å²) in [5.41, 5.74) is 8.76. The third kappa shape index (κ3) is 3.68. The van der Waals surface area contributed by atoms with E-state index in [-0.39, 0.29) is 11.2 Å². The van der Waals surface area contributed by atoms with E-state index in [0.717, 1.165) is 23.1 Å².